The monoisotopic (exact) mass is 317 g/mol. The van der Waals surface area contributed by atoms with Crippen molar-refractivity contribution in [2.75, 3.05) is 26.2 Å². The van der Waals surface area contributed by atoms with Crippen LogP contribution in [0, 0.1) is 11.8 Å². The van der Waals surface area contributed by atoms with Gasteiger partial charge in [0.15, 0.2) is 0 Å². The van der Waals surface area contributed by atoms with Crippen molar-refractivity contribution in [3.05, 3.63) is 0 Å². The van der Waals surface area contributed by atoms with Gasteiger partial charge in [-0.3, -0.25) is 0 Å². The first-order chi connectivity index (χ1) is 10.0. The number of hydrogen-bond donors (Lipinski definition) is 2. The molecular weight excluding hydrogens is 286 g/mol. The minimum Gasteiger partial charge on any atom is -0.317 e. The highest BCUT2D eigenvalue weighted by Gasteiger charge is 2.31. The van der Waals surface area contributed by atoms with Crippen LogP contribution in [-0.2, 0) is 10.2 Å². The van der Waals surface area contributed by atoms with Crippen LogP contribution in [0.2, 0.25) is 0 Å². The van der Waals surface area contributed by atoms with Gasteiger partial charge in [0, 0.05) is 19.1 Å². The lowest BCUT2D eigenvalue weighted by atomic mass is 9.88. The van der Waals surface area contributed by atoms with E-state index in [-0.39, 0.29) is 6.04 Å². The second kappa shape index (κ2) is 7.90. The second-order valence-electron chi connectivity index (χ2n) is 6.75. The molecule has 2 rings (SSSR count). The summed E-state index contributed by atoms with van der Waals surface area (Å²) in [7, 11) is -3.30. The fourth-order valence-corrected chi connectivity index (χ4v) is 5.01. The molecule has 0 aromatic rings. The number of rotatable bonds is 6. The van der Waals surface area contributed by atoms with Gasteiger partial charge in [-0.25, -0.2) is 0 Å². The number of piperidine rings is 1. The van der Waals surface area contributed by atoms with Crippen molar-refractivity contribution >= 4 is 10.2 Å². The zero-order chi connectivity index (χ0) is 15.3. The Kier molecular flexibility index (Phi) is 6.47. The first kappa shape index (κ1) is 17.2. The minimum atomic E-state index is -3.30. The molecule has 1 unspecified atom stereocenters. The molecule has 0 bridgehead atoms. The second-order valence-corrected chi connectivity index (χ2v) is 8.46. The van der Waals surface area contributed by atoms with Crippen LogP contribution in [0.15, 0.2) is 0 Å². The van der Waals surface area contributed by atoms with Gasteiger partial charge in [0.2, 0.25) is 0 Å². The Hall–Kier alpha value is -0.170. The molecule has 0 aromatic heterocycles. The lowest BCUT2D eigenvalue weighted by molar-refractivity contribution is 0.253. The molecule has 0 aromatic carbocycles. The van der Waals surface area contributed by atoms with Crippen LogP contribution in [0.25, 0.3) is 0 Å². The molecule has 5 nitrogen and oxygen atoms in total. The lowest BCUT2D eigenvalue weighted by Gasteiger charge is -2.34. The molecule has 1 saturated carbocycles. The van der Waals surface area contributed by atoms with Crippen molar-refractivity contribution in [1.82, 2.24) is 14.3 Å². The molecule has 21 heavy (non-hydrogen) atoms. The third-order valence-corrected chi connectivity index (χ3v) is 6.48. The maximum atomic E-state index is 12.5. The number of nitrogens with zero attached hydrogens (tertiary/aromatic N) is 1. The average Bonchev–Trinajstić information content (AvgIpc) is 2.48. The van der Waals surface area contributed by atoms with Crippen LogP contribution in [0.4, 0.5) is 0 Å². The summed E-state index contributed by atoms with van der Waals surface area (Å²) in [5.74, 6) is 1.19. The molecule has 1 aliphatic carbocycles. The van der Waals surface area contributed by atoms with Crippen LogP contribution in [0.5, 0.6) is 0 Å². The van der Waals surface area contributed by atoms with Gasteiger partial charge in [-0.15, -0.1) is 0 Å². The molecule has 1 atom stereocenters. The van der Waals surface area contributed by atoms with Crippen molar-refractivity contribution in [3.63, 3.8) is 0 Å². The predicted octanol–water partition coefficient (Wildman–Crippen LogP) is 1.72. The molecule has 0 amide bonds. The molecule has 1 aliphatic heterocycles. The van der Waals surface area contributed by atoms with E-state index in [1.54, 1.807) is 4.31 Å². The summed E-state index contributed by atoms with van der Waals surface area (Å²) in [5, 5.41) is 3.33. The van der Waals surface area contributed by atoms with Gasteiger partial charge >= 0.3 is 0 Å². The van der Waals surface area contributed by atoms with Crippen LogP contribution in [0.1, 0.15) is 52.4 Å². The van der Waals surface area contributed by atoms with E-state index in [9.17, 15) is 8.42 Å². The number of nitrogens with one attached hydrogen (secondary N) is 2. The number of hydrogen-bond acceptors (Lipinski definition) is 3. The van der Waals surface area contributed by atoms with E-state index in [4.69, 9.17) is 0 Å². The highest BCUT2D eigenvalue weighted by atomic mass is 32.2. The normalized spacial score (nSPS) is 32.2. The van der Waals surface area contributed by atoms with Crippen molar-refractivity contribution in [2.45, 2.75) is 58.4 Å². The average molecular weight is 317 g/mol. The summed E-state index contributed by atoms with van der Waals surface area (Å²) >= 11 is 0. The third-order valence-electron chi connectivity index (χ3n) is 4.84. The molecular formula is C15H31N3O2S. The summed E-state index contributed by atoms with van der Waals surface area (Å²) in [6.45, 7) is 7.53. The van der Waals surface area contributed by atoms with E-state index in [0.717, 1.165) is 57.5 Å². The van der Waals surface area contributed by atoms with Gasteiger partial charge in [0.05, 0.1) is 0 Å². The summed E-state index contributed by atoms with van der Waals surface area (Å²) in [6.07, 6.45) is 6.33. The molecule has 1 saturated heterocycles. The Bertz CT molecular complexity index is 405. The molecule has 2 N–H and O–H groups in total. The molecule has 1 heterocycles. The lowest BCUT2D eigenvalue weighted by Crippen LogP contribution is -2.50. The van der Waals surface area contributed by atoms with Gasteiger partial charge in [0.1, 0.15) is 0 Å². The fraction of sp³-hybridized carbons (Fsp3) is 1.00. The standard InChI is InChI=1S/C15H31N3O2S/c1-3-16-11-14-5-4-10-18(12-14)21(19,20)17-15-8-6-13(2)7-9-15/h13-17H,3-12H2,1-2H3. The summed E-state index contributed by atoms with van der Waals surface area (Å²) in [4.78, 5) is 0. The molecule has 0 radical (unpaired) electrons. The predicted molar refractivity (Wildman–Crippen MR) is 86.3 cm³/mol. The SMILES string of the molecule is CCNCC1CCCN(S(=O)(=O)NC2CCC(C)CC2)C1. The van der Waals surface area contributed by atoms with Crippen LogP contribution in [0.3, 0.4) is 0 Å². The van der Waals surface area contributed by atoms with Gasteiger partial charge in [-0.2, -0.15) is 17.4 Å². The first-order valence-corrected chi connectivity index (χ1v) is 9.93. The Morgan fingerprint density at radius 1 is 1.14 bits per heavy atom. The topological polar surface area (TPSA) is 61.4 Å². The van der Waals surface area contributed by atoms with Gasteiger partial charge in [-0.1, -0.05) is 13.8 Å². The maximum absolute atomic E-state index is 12.5. The minimum absolute atomic E-state index is 0.139. The Labute approximate surface area is 130 Å². The summed E-state index contributed by atoms with van der Waals surface area (Å²) < 4.78 is 29.7. The summed E-state index contributed by atoms with van der Waals surface area (Å²) in [6, 6.07) is 0.139. The third kappa shape index (κ3) is 5.20. The van der Waals surface area contributed by atoms with Crippen LogP contribution in [-0.4, -0.2) is 44.9 Å². The Morgan fingerprint density at radius 2 is 1.86 bits per heavy atom. The molecule has 0 spiro atoms. The van der Waals surface area contributed by atoms with Gasteiger partial charge < -0.3 is 5.32 Å². The largest absolute Gasteiger partial charge is 0.317 e. The first-order valence-electron chi connectivity index (χ1n) is 8.49. The van der Waals surface area contributed by atoms with E-state index >= 15 is 0 Å². The van der Waals surface area contributed by atoms with Crippen molar-refractivity contribution in [3.8, 4) is 0 Å². The van der Waals surface area contributed by atoms with Crippen molar-refractivity contribution in [1.29, 1.82) is 0 Å². The van der Waals surface area contributed by atoms with E-state index in [2.05, 4.69) is 23.9 Å². The molecule has 2 fully saturated rings. The fourth-order valence-electron chi connectivity index (χ4n) is 3.42. The van der Waals surface area contributed by atoms with Crippen molar-refractivity contribution < 1.29 is 8.42 Å². The Balaban J connectivity index is 1.86. The van der Waals surface area contributed by atoms with Crippen LogP contribution < -0.4 is 10.0 Å². The van der Waals surface area contributed by atoms with Crippen molar-refractivity contribution in [2.24, 2.45) is 11.8 Å². The maximum Gasteiger partial charge on any atom is 0.279 e. The zero-order valence-corrected chi connectivity index (χ0v) is 14.3. The van der Waals surface area contributed by atoms with Crippen LogP contribution >= 0.6 is 0 Å². The molecule has 2 aliphatic rings. The Morgan fingerprint density at radius 3 is 2.52 bits per heavy atom. The molecule has 124 valence electrons. The van der Waals surface area contributed by atoms with E-state index in [0.29, 0.717) is 19.0 Å². The zero-order valence-electron chi connectivity index (χ0n) is 13.5. The van der Waals surface area contributed by atoms with Gasteiger partial charge in [0.25, 0.3) is 10.2 Å². The smallest absolute Gasteiger partial charge is 0.279 e. The van der Waals surface area contributed by atoms with E-state index in [1.807, 2.05) is 0 Å². The molecule has 6 heteroatoms. The highest BCUT2D eigenvalue weighted by molar-refractivity contribution is 7.87. The van der Waals surface area contributed by atoms with E-state index in [1.165, 1.54) is 0 Å². The van der Waals surface area contributed by atoms with Gasteiger partial charge in [-0.05, 0) is 63.5 Å². The van der Waals surface area contributed by atoms with E-state index < -0.39 is 10.2 Å². The summed E-state index contributed by atoms with van der Waals surface area (Å²) in [5.41, 5.74) is 0. The highest BCUT2D eigenvalue weighted by Crippen LogP contribution is 2.25. The quantitative estimate of drug-likeness (QED) is 0.784.